The van der Waals surface area contributed by atoms with Gasteiger partial charge in [0.2, 0.25) is 0 Å². The van der Waals surface area contributed by atoms with E-state index >= 15 is 0 Å². The van der Waals surface area contributed by atoms with Crippen LogP contribution in [0.25, 0.3) is 10.9 Å². The molecule has 1 saturated carbocycles. The van der Waals surface area contributed by atoms with Crippen molar-refractivity contribution in [3.63, 3.8) is 0 Å². The van der Waals surface area contributed by atoms with Gasteiger partial charge < -0.3 is 20.4 Å². The Bertz CT molecular complexity index is 680. The summed E-state index contributed by atoms with van der Waals surface area (Å²) in [4.78, 5) is 15.4. The number of carbonyl (C=O) groups excluding carboxylic acids is 1. The van der Waals surface area contributed by atoms with Gasteiger partial charge in [-0.05, 0) is 44.2 Å². The van der Waals surface area contributed by atoms with Gasteiger partial charge >= 0.3 is 6.03 Å². The summed E-state index contributed by atoms with van der Waals surface area (Å²) in [5, 5.41) is 7.25. The molecule has 2 aromatic rings. The Hall–Kier alpha value is -2.01. The van der Waals surface area contributed by atoms with Gasteiger partial charge in [0.25, 0.3) is 0 Å². The molecule has 1 aromatic carbocycles. The molecule has 5 nitrogen and oxygen atoms in total. The van der Waals surface area contributed by atoms with E-state index in [2.05, 4.69) is 34.7 Å². The van der Waals surface area contributed by atoms with Crippen LogP contribution in [0.4, 0.5) is 4.79 Å². The summed E-state index contributed by atoms with van der Waals surface area (Å²) in [5.74, 6) is 0. The number of fused-ring (bicyclic) bond motifs is 1. The van der Waals surface area contributed by atoms with Gasteiger partial charge in [0.05, 0.1) is 6.10 Å². The van der Waals surface area contributed by atoms with Crippen LogP contribution in [0.5, 0.6) is 0 Å². The molecule has 1 aliphatic rings. The largest absolute Gasteiger partial charge is 0.381 e. The van der Waals surface area contributed by atoms with Crippen LogP contribution in [-0.4, -0.2) is 36.8 Å². The zero-order valence-electron chi connectivity index (χ0n) is 13.8. The number of H-pyrrole nitrogens is 1. The minimum Gasteiger partial charge on any atom is -0.381 e. The lowest BCUT2D eigenvalue weighted by Gasteiger charge is -2.14. The number of amides is 2. The van der Waals surface area contributed by atoms with Crippen molar-refractivity contribution in [2.24, 2.45) is 0 Å². The maximum atomic E-state index is 12.0. The van der Waals surface area contributed by atoms with Gasteiger partial charge in [0.15, 0.2) is 0 Å². The third kappa shape index (κ3) is 3.67. The highest BCUT2D eigenvalue weighted by Crippen LogP contribution is 2.22. The predicted molar refractivity (Wildman–Crippen MR) is 91.7 cm³/mol. The smallest absolute Gasteiger partial charge is 0.315 e. The molecule has 1 aromatic heterocycles. The number of aromatic nitrogens is 1. The first-order chi connectivity index (χ1) is 11.2. The molecule has 2 amide bonds. The van der Waals surface area contributed by atoms with Crippen molar-refractivity contribution in [3.8, 4) is 0 Å². The lowest BCUT2D eigenvalue weighted by molar-refractivity contribution is 0.107. The van der Waals surface area contributed by atoms with Crippen molar-refractivity contribution in [2.45, 2.75) is 44.8 Å². The highest BCUT2D eigenvalue weighted by atomic mass is 16.5. The third-order valence-electron chi connectivity index (χ3n) is 4.74. The van der Waals surface area contributed by atoms with E-state index in [-0.39, 0.29) is 18.2 Å². The molecule has 3 N–H and O–H groups in total. The first-order valence-corrected chi connectivity index (χ1v) is 8.30. The van der Waals surface area contributed by atoms with Gasteiger partial charge in [-0.3, -0.25) is 0 Å². The van der Waals surface area contributed by atoms with Crippen LogP contribution in [0, 0.1) is 6.92 Å². The minimum absolute atomic E-state index is 0.0794. The number of hydrogen-bond donors (Lipinski definition) is 3. The molecule has 0 bridgehead atoms. The molecule has 3 rings (SSSR count). The second-order valence-electron chi connectivity index (χ2n) is 6.29. The fraction of sp³-hybridized carbons (Fsp3) is 0.500. The normalized spacial score (nSPS) is 20.8. The van der Waals surface area contributed by atoms with E-state index in [1.165, 1.54) is 16.6 Å². The van der Waals surface area contributed by atoms with Crippen molar-refractivity contribution in [1.29, 1.82) is 0 Å². The van der Waals surface area contributed by atoms with E-state index in [4.69, 9.17) is 4.74 Å². The molecule has 2 unspecified atom stereocenters. The van der Waals surface area contributed by atoms with Crippen LogP contribution in [-0.2, 0) is 11.2 Å². The van der Waals surface area contributed by atoms with Crippen molar-refractivity contribution < 1.29 is 9.53 Å². The van der Waals surface area contributed by atoms with Gasteiger partial charge in [-0.15, -0.1) is 0 Å². The Kier molecular flexibility index (Phi) is 4.86. The summed E-state index contributed by atoms with van der Waals surface area (Å²) in [5.41, 5.74) is 3.61. The summed E-state index contributed by atoms with van der Waals surface area (Å²) < 4.78 is 5.33. The Balaban J connectivity index is 1.49. The van der Waals surface area contributed by atoms with Gasteiger partial charge in [0, 0.05) is 36.3 Å². The number of aryl methyl sites for hydroxylation is 1. The van der Waals surface area contributed by atoms with E-state index in [1.54, 1.807) is 7.11 Å². The molecule has 1 aliphatic carbocycles. The maximum absolute atomic E-state index is 12.0. The summed E-state index contributed by atoms with van der Waals surface area (Å²) >= 11 is 0. The van der Waals surface area contributed by atoms with Crippen LogP contribution < -0.4 is 10.6 Å². The molecule has 124 valence electrons. The predicted octanol–water partition coefficient (Wildman–Crippen LogP) is 2.89. The van der Waals surface area contributed by atoms with Crippen molar-refractivity contribution in [1.82, 2.24) is 15.6 Å². The quantitative estimate of drug-likeness (QED) is 0.794. The van der Waals surface area contributed by atoms with Crippen molar-refractivity contribution >= 4 is 16.9 Å². The zero-order valence-corrected chi connectivity index (χ0v) is 13.8. The Morgan fingerprint density at radius 2 is 2.17 bits per heavy atom. The first kappa shape index (κ1) is 15.9. The van der Waals surface area contributed by atoms with E-state index in [0.717, 1.165) is 31.2 Å². The number of carbonyl (C=O) groups is 1. The Morgan fingerprint density at radius 3 is 2.96 bits per heavy atom. The van der Waals surface area contributed by atoms with Gasteiger partial charge in [-0.1, -0.05) is 18.2 Å². The fourth-order valence-electron chi connectivity index (χ4n) is 3.48. The average molecular weight is 315 g/mol. The molecule has 0 aliphatic heterocycles. The number of rotatable bonds is 5. The molecule has 1 fully saturated rings. The second kappa shape index (κ2) is 7.04. The fourth-order valence-corrected chi connectivity index (χ4v) is 3.48. The van der Waals surface area contributed by atoms with E-state index in [0.29, 0.717) is 6.54 Å². The van der Waals surface area contributed by atoms with Crippen molar-refractivity contribution in [2.75, 3.05) is 13.7 Å². The minimum atomic E-state index is -0.0794. The van der Waals surface area contributed by atoms with E-state index < -0.39 is 0 Å². The number of urea groups is 1. The highest BCUT2D eigenvalue weighted by molar-refractivity contribution is 5.84. The van der Waals surface area contributed by atoms with Crippen LogP contribution >= 0.6 is 0 Å². The Morgan fingerprint density at radius 1 is 1.35 bits per heavy atom. The molecule has 5 heteroatoms. The lowest BCUT2D eigenvalue weighted by atomic mass is 10.1. The van der Waals surface area contributed by atoms with Crippen LogP contribution in [0.2, 0.25) is 0 Å². The molecule has 1 heterocycles. The molecule has 0 radical (unpaired) electrons. The molecule has 23 heavy (non-hydrogen) atoms. The van der Waals surface area contributed by atoms with Crippen LogP contribution in [0.15, 0.2) is 24.3 Å². The number of ether oxygens (including phenoxy) is 1. The second-order valence-corrected chi connectivity index (χ2v) is 6.29. The summed E-state index contributed by atoms with van der Waals surface area (Å²) in [6.07, 6.45) is 4.04. The average Bonchev–Trinajstić information content (AvgIpc) is 3.12. The SMILES string of the molecule is COC1CCC(NC(=O)NCCc2c(C)[nH]c3ccccc23)C1. The first-order valence-electron chi connectivity index (χ1n) is 8.30. The molecule has 0 saturated heterocycles. The zero-order chi connectivity index (χ0) is 16.2. The monoisotopic (exact) mass is 315 g/mol. The van der Waals surface area contributed by atoms with Gasteiger partial charge in [-0.25, -0.2) is 4.79 Å². The summed E-state index contributed by atoms with van der Waals surface area (Å²) in [6, 6.07) is 8.43. The highest BCUT2D eigenvalue weighted by Gasteiger charge is 2.25. The van der Waals surface area contributed by atoms with Gasteiger partial charge in [0.1, 0.15) is 0 Å². The standard InChI is InChI=1S/C18H25N3O2/c1-12-15(16-5-3-4-6-17(16)20-12)9-10-19-18(22)21-13-7-8-14(11-13)23-2/h3-6,13-14,20H,7-11H2,1-2H3,(H2,19,21,22). The molecule has 0 spiro atoms. The number of nitrogens with one attached hydrogen (secondary N) is 3. The van der Waals surface area contributed by atoms with Crippen LogP contribution in [0.1, 0.15) is 30.5 Å². The number of benzene rings is 1. The summed E-state index contributed by atoms with van der Waals surface area (Å²) in [6.45, 7) is 2.72. The van der Waals surface area contributed by atoms with E-state index in [1.807, 2.05) is 12.1 Å². The molecule has 2 atom stereocenters. The Labute approximate surface area is 136 Å². The number of methoxy groups -OCH3 is 1. The number of aromatic amines is 1. The van der Waals surface area contributed by atoms with Crippen LogP contribution in [0.3, 0.4) is 0 Å². The van der Waals surface area contributed by atoms with Gasteiger partial charge in [-0.2, -0.15) is 0 Å². The van der Waals surface area contributed by atoms with Crippen molar-refractivity contribution in [3.05, 3.63) is 35.5 Å². The number of para-hydroxylation sites is 1. The summed E-state index contributed by atoms with van der Waals surface area (Å²) in [7, 11) is 1.73. The third-order valence-corrected chi connectivity index (χ3v) is 4.74. The van der Waals surface area contributed by atoms with E-state index in [9.17, 15) is 4.79 Å². The maximum Gasteiger partial charge on any atom is 0.315 e. The number of hydrogen-bond acceptors (Lipinski definition) is 2. The topological polar surface area (TPSA) is 66.2 Å². The molecular formula is C18H25N3O2. The molecular weight excluding hydrogens is 290 g/mol. The lowest BCUT2D eigenvalue weighted by Crippen LogP contribution is -2.42.